The minimum Gasteiger partial charge on any atom is -0.396 e. The molecule has 0 aliphatic heterocycles. The van der Waals surface area contributed by atoms with E-state index < -0.39 is 0 Å². The van der Waals surface area contributed by atoms with Gasteiger partial charge in [0.05, 0.1) is 0 Å². The van der Waals surface area contributed by atoms with E-state index in [9.17, 15) is 0 Å². The molecular weight excluding hydrogens is 258 g/mol. The van der Waals surface area contributed by atoms with E-state index in [1.807, 2.05) is 25.6 Å². The van der Waals surface area contributed by atoms with Gasteiger partial charge in [-0.3, -0.25) is 0 Å². The second kappa shape index (κ2) is 7.74. The Balaban J connectivity index is 2.35. The quantitative estimate of drug-likeness (QED) is 0.748. The molecule has 1 aromatic rings. The van der Waals surface area contributed by atoms with Crippen LogP contribution in [-0.4, -0.2) is 40.0 Å². The molecule has 0 aliphatic carbocycles. The number of thioether (sulfide) groups is 1. The minimum atomic E-state index is 0.265. The van der Waals surface area contributed by atoms with Crippen molar-refractivity contribution in [3.05, 3.63) is 16.3 Å². The molecule has 0 fully saturated rings. The number of aliphatic hydroxyl groups excluding tert-OH is 1. The molecule has 0 saturated carbocycles. The molecule has 4 nitrogen and oxygen atoms in total. The summed E-state index contributed by atoms with van der Waals surface area (Å²) < 4.78 is 0. The summed E-state index contributed by atoms with van der Waals surface area (Å²) in [6.07, 6.45) is 0.851. The maximum atomic E-state index is 8.63. The van der Waals surface area contributed by atoms with Crippen LogP contribution in [0, 0.1) is 13.8 Å². The molecule has 0 radical (unpaired) electrons. The van der Waals surface area contributed by atoms with Crippen LogP contribution in [0.25, 0.3) is 0 Å². The van der Waals surface area contributed by atoms with Crippen LogP contribution in [0.3, 0.4) is 0 Å². The lowest BCUT2D eigenvalue weighted by molar-refractivity contribution is 0.296. The Morgan fingerprint density at radius 3 is 2.71 bits per heavy atom. The Morgan fingerprint density at radius 2 is 2.00 bits per heavy atom. The van der Waals surface area contributed by atoms with Gasteiger partial charge < -0.3 is 10.4 Å². The molecular formula is C11H18ClN3OS. The first-order chi connectivity index (χ1) is 8.16. The zero-order chi connectivity index (χ0) is 12.7. The SMILES string of the molecule is Cc1c(Cl)nnc(NCCSCCCO)c1C. The number of aliphatic hydroxyl groups is 1. The average molecular weight is 276 g/mol. The van der Waals surface area contributed by atoms with E-state index in [2.05, 4.69) is 15.5 Å². The molecule has 0 bridgehead atoms. The molecule has 0 unspecified atom stereocenters. The largest absolute Gasteiger partial charge is 0.396 e. The molecule has 0 atom stereocenters. The van der Waals surface area contributed by atoms with Crippen LogP contribution in [0.5, 0.6) is 0 Å². The van der Waals surface area contributed by atoms with Gasteiger partial charge in [0, 0.05) is 18.9 Å². The van der Waals surface area contributed by atoms with E-state index >= 15 is 0 Å². The van der Waals surface area contributed by atoms with Crippen LogP contribution in [-0.2, 0) is 0 Å². The van der Waals surface area contributed by atoms with Crippen molar-refractivity contribution in [1.29, 1.82) is 0 Å². The summed E-state index contributed by atoms with van der Waals surface area (Å²) in [4.78, 5) is 0. The van der Waals surface area contributed by atoms with Crippen LogP contribution in [0.1, 0.15) is 17.5 Å². The smallest absolute Gasteiger partial charge is 0.155 e. The van der Waals surface area contributed by atoms with E-state index in [1.165, 1.54) is 0 Å². The number of nitrogens with one attached hydrogen (secondary N) is 1. The van der Waals surface area contributed by atoms with E-state index in [1.54, 1.807) is 0 Å². The lowest BCUT2D eigenvalue weighted by Crippen LogP contribution is -2.09. The van der Waals surface area contributed by atoms with Crippen molar-refractivity contribution in [2.45, 2.75) is 20.3 Å². The maximum Gasteiger partial charge on any atom is 0.155 e. The summed E-state index contributed by atoms with van der Waals surface area (Å²) >= 11 is 7.69. The van der Waals surface area contributed by atoms with Crippen LogP contribution < -0.4 is 5.32 Å². The van der Waals surface area contributed by atoms with Crippen molar-refractivity contribution < 1.29 is 5.11 Å². The van der Waals surface area contributed by atoms with Gasteiger partial charge >= 0.3 is 0 Å². The van der Waals surface area contributed by atoms with E-state index in [-0.39, 0.29) is 6.61 Å². The third-order valence-electron chi connectivity index (χ3n) is 2.45. The molecule has 17 heavy (non-hydrogen) atoms. The number of aromatic nitrogens is 2. The molecule has 1 aromatic heterocycles. The fraction of sp³-hybridized carbons (Fsp3) is 0.636. The van der Waals surface area contributed by atoms with Gasteiger partial charge in [0.25, 0.3) is 0 Å². The van der Waals surface area contributed by atoms with E-state index in [4.69, 9.17) is 16.7 Å². The molecule has 6 heteroatoms. The summed E-state index contributed by atoms with van der Waals surface area (Å²) in [5.74, 6) is 2.78. The van der Waals surface area contributed by atoms with Crippen LogP contribution in [0.4, 0.5) is 5.82 Å². The first-order valence-electron chi connectivity index (χ1n) is 5.58. The number of anilines is 1. The van der Waals surface area contributed by atoms with Crippen molar-refractivity contribution in [2.24, 2.45) is 0 Å². The van der Waals surface area contributed by atoms with Gasteiger partial charge in [0.1, 0.15) is 0 Å². The van der Waals surface area contributed by atoms with Gasteiger partial charge in [-0.1, -0.05) is 11.6 Å². The fourth-order valence-electron chi connectivity index (χ4n) is 1.25. The number of nitrogens with zero attached hydrogens (tertiary/aromatic N) is 2. The highest BCUT2D eigenvalue weighted by Gasteiger charge is 2.06. The highest BCUT2D eigenvalue weighted by atomic mass is 35.5. The van der Waals surface area contributed by atoms with Crippen LogP contribution in [0.15, 0.2) is 0 Å². The van der Waals surface area contributed by atoms with Gasteiger partial charge in [0.15, 0.2) is 11.0 Å². The van der Waals surface area contributed by atoms with Crippen molar-refractivity contribution in [3.8, 4) is 0 Å². The molecule has 0 saturated heterocycles. The Labute approximate surface area is 111 Å². The topological polar surface area (TPSA) is 58.0 Å². The zero-order valence-corrected chi connectivity index (χ0v) is 11.7. The molecule has 0 aliphatic rings. The minimum absolute atomic E-state index is 0.265. The normalized spacial score (nSPS) is 10.6. The number of halogens is 1. The van der Waals surface area contributed by atoms with Crippen LogP contribution >= 0.6 is 23.4 Å². The standard InChI is InChI=1S/C11H18ClN3OS/c1-8-9(2)11(15-14-10(8)12)13-4-7-17-6-3-5-16/h16H,3-7H2,1-2H3,(H,13,15). The Bertz CT molecular complexity index is 363. The van der Waals surface area contributed by atoms with Gasteiger partial charge in [-0.2, -0.15) is 11.8 Å². The highest BCUT2D eigenvalue weighted by molar-refractivity contribution is 7.99. The summed E-state index contributed by atoms with van der Waals surface area (Å²) in [5.41, 5.74) is 2.02. The molecule has 0 amide bonds. The summed E-state index contributed by atoms with van der Waals surface area (Å²) in [6.45, 7) is 5.03. The second-order valence-corrected chi connectivity index (χ2v) is 5.29. The monoisotopic (exact) mass is 275 g/mol. The fourth-order valence-corrected chi connectivity index (χ4v) is 2.22. The maximum absolute atomic E-state index is 8.63. The summed E-state index contributed by atoms with van der Waals surface area (Å²) in [5, 5.41) is 20.3. The van der Waals surface area contributed by atoms with Gasteiger partial charge in [-0.15, -0.1) is 10.2 Å². The number of hydrogen-bond acceptors (Lipinski definition) is 5. The van der Waals surface area contributed by atoms with E-state index in [0.29, 0.717) is 5.15 Å². The Morgan fingerprint density at radius 1 is 1.24 bits per heavy atom. The van der Waals surface area contributed by atoms with Crippen molar-refractivity contribution >= 4 is 29.2 Å². The molecule has 2 N–H and O–H groups in total. The Hall–Kier alpha value is -0.520. The number of rotatable bonds is 7. The summed E-state index contributed by atoms with van der Waals surface area (Å²) in [7, 11) is 0. The second-order valence-electron chi connectivity index (χ2n) is 3.71. The molecule has 96 valence electrons. The van der Waals surface area contributed by atoms with Gasteiger partial charge in [0.2, 0.25) is 0 Å². The lowest BCUT2D eigenvalue weighted by Gasteiger charge is -2.09. The Kier molecular flexibility index (Phi) is 6.62. The predicted octanol–water partition coefficient (Wildman–Crippen LogP) is 2.27. The van der Waals surface area contributed by atoms with Crippen LogP contribution in [0.2, 0.25) is 5.15 Å². The average Bonchev–Trinajstić information content (AvgIpc) is 2.33. The molecule has 0 aromatic carbocycles. The lowest BCUT2D eigenvalue weighted by atomic mass is 10.2. The van der Waals surface area contributed by atoms with Crippen molar-refractivity contribution in [2.75, 3.05) is 30.0 Å². The summed E-state index contributed by atoms with van der Waals surface area (Å²) in [6, 6.07) is 0. The van der Waals surface area contributed by atoms with E-state index in [0.717, 1.165) is 41.4 Å². The van der Waals surface area contributed by atoms with Gasteiger partial charge in [-0.05, 0) is 37.1 Å². The number of hydrogen-bond donors (Lipinski definition) is 2. The molecule has 0 spiro atoms. The van der Waals surface area contributed by atoms with Crippen molar-refractivity contribution in [1.82, 2.24) is 10.2 Å². The first kappa shape index (κ1) is 14.5. The third kappa shape index (κ3) is 4.69. The van der Waals surface area contributed by atoms with Gasteiger partial charge in [-0.25, -0.2) is 0 Å². The first-order valence-corrected chi connectivity index (χ1v) is 7.12. The predicted molar refractivity (Wildman–Crippen MR) is 74.0 cm³/mol. The van der Waals surface area contributed by atoms with Crippen molar-refractivity contribution in [3.63, 3.8) is 0 Å². The molecule has 1 rings (SSSR count). The molecule has 1 heterocycles. The third-order valence-corrected chi connectivity index (χ3v) is 3.88. The zero-order valence-electron chi connectivity index (χ0n) is 10.2. The highest BCUT2D eigenvalue weighted by Crippen LogP contribution is 2.20.